The molecule has 3 aromatic rings. The Labute approximate surface area is 133 Å². The first-order valence-electron chi connectivity index (χ1n) is 5.97. The lowest BCUT2D eigenvalue weighted by Gasteiger charge is -2.09. The average Bonchev–Trinajstić information content (AvgIpc) is 2.95. The molecule has 0 aliphatic heterocycles. The zero-order chi connectivity index (χ0) is 15.9. The van der Waals surface area contributed by atoms with Crippen molar-refractivity contribution in [3.05, 3.63) is 33.9 Å². The molecule has 0 bridgehead atoms. The topological polar surface area (TPSA) is 104 Å². The predicted molar refractivity (Wildman–Crippen MR) is 80.8 cm³/mol. The van der Waals surface area contributed by atoms with Gasteiger partial charge in [-0.15, -0.1) is 0 Å². The monoisotopic (exact) mass is 338 g/mol. The summed E-state index contributed by atoms with van der Waals surface area (Å²) >= 11 is 12.2. The number of esters is 1. The van der Waals surface area contributed by atoms with E-state index in [1.807, 2.05) is 0 Å². The van der Waals surface area contributed by atoms with Crippen LogP contribution in [0.4, 0.5) is 5.69 Å². The van der Waals surface area contributed by atoms with Crippen molar-refractivity contribution in [3.63, 3.8) is 0 Å². The van der Waals surface area contributed by atoms with Gasteiger partial charge in [-0.25, -0.2) is 14.4 Å². The SMILES string of the molecule is COC(=O)c1nc(-c2cc3nonc3cc2Cl)cc(N)c1Cl. The number of aromatic nitrogens is 3. The van der Waals surface area contributed by atoms with E-state index in [0.29, 0.717) is 27.3 Å². The highest BCUT2D eigenvalue weighted by Crippen LogP contribution is 2.34. The molecule has 2 N–H and O–H groups in total. The number of fused-ring (bicyclic) bond motifs is 1. The van der Waals surface area contributed by atoms with Crippen LogP contribution in [0.25, 0.3) is 22.3 Å². The fraction of sp³-hybridized carbons (Fsp3) is 0.0769. The molecule has 7 nitrogen and oxygen atoms in total. The summed E-state index contributed by atoms with van der Waals surface area (Å²) in [6.07, 6.45) is 0. The van der Waals surface area contributed by atoms with Crippen molar-refractivity contribution in [2.45, 2.75) is 0 Å². The van der Waals surface area contributed by atoms with Gasteiger partial charge in [-0.1, -0.05) is 23.2 Å². The number of hydrogen-bond acceptors (Lipinski definition) is 7. The van der Waals surface area contributed by atoms with Crippen LogP contribution in [0.2, 0.25) is 10.0 Å². The lowest BCUT2D eigenvalue weighted by Crippen LogP contribution is -2.08. The number of hydrogen-bond donors (Lipinski definition) is 1. The highest BCUT2D eigenvalue weighted by atomic mass is 35.5. The molecule has 0 spiro atoms. The van der Waals surface area contributed by atoms with Gasteiger partial charge in [0, 0.05) is 5.56 Å². The maximum atomic E-state index is 11.7. The average molecular weight is 339 g/mol. The molecule has 0 saturated carbocycles. The quantitative estimate of drug-likeness (QED) is 0.716. The van der Waals surface area contributed by atoms with Crippen LogP contribution in [0.5, 0.6) is 0 Å². The van der Waals surface area contributed by atoms with Gasteiger partial charge in [0.15, 0.2) is 5.69 Å². The molecule has 2 aromatic heterocycles. The zero-order valence-electron chi connectivity index (χ0n) is 11.1. The number of nitrogen functional groups attached to an aromatic ring is 1. The van der Waals surface area contributed by atoms with Gasteiger partial charge in [-0.3, -0.25) is 0 Å². The first kappa shape index (κ1) is 14.6. The van der Waals surface area contributed by atoms with Crippen LogP contribution in [0.15, 0.2) is 22.8 Å². The van der Waals surface area contributed by atoms with Gasteiger partial charge in [-0.2, -0.15) is 0 Å². The molecule has 0 aliphatic rings. The predicted octanol–water partition coefficient (Wildman–Crippen LogP) is 2.96. The molecule has 0 saturated heterocycles. The smallest absolute Gasteiger partial charge is 0.358 e. The maximum absolute atomic E-state index is 11.7. The fourth-order valence-electron chi connectivity index (χ4n) is 1.92. The summed E-state index contributed by atoms with van der Waals surface area (Å²) in [4.78, 5) is 15.9. The number of carbonyl (C=O) groups is 1. The number of pyridine rings is 1. The third-order valence-corrected chi connectivity index (χ3v) is 3.69. The minimum Gasteiger partial charge on any atom is -0.464 e. The van der Waals surface area contributed by atoms with Crippen LogP contribution >= 0.6 is 23.2 Å². The summed E-state index contributed by atoms with van der Waals surface area (Å²) in [7, 11) is 1.23. The number of nitrogens with two attached hydrogens (primary N) is 1. The van der Waals surface area contributed by atoms with Crippen LogP contribution in [0.1, 0.15) is 10.5 Å². The van der Waals surface area contributed by atoms with E-state index in [9.17, 15) is 4.79 Å². The van der Waals surface area contributed by atoms with Gasteiger partial charge in [-0.05, 0) is 28.5 Å². The molecule has 9 heteroatoms. The van der Waals surface area contributed by atoms with Crippen LogP contribution in [0, 0.1) is 0 Å². The summed E-state index contributed by atoms with van der Waals surface area (Å²) in [5.41, 5.74) is 7.79. The Hall–Kier alpha value is -2.38. The van der Waals surface area contributed by atoms with Gasteiger partial charge in [0.25, 0.3) is 0 Å². The third-order valence-electron chi connectivity index (χ3n) is 2.98. The van der Waals surface area contributed by atoms with Crippen molar-refractivity contribution >= 4 is 45.9 Å². The van der Waals surface area contributed by atoms with Crippen LogP contribution < -0.4 is 5.73 Å². The molecule has 3 rings (SSSR count). The van der Waals surface area contributed by atoms with Crippen molar-refractivity contribution in [1.29, 1.82) is 0 Å². The number of anilines is 1. The molecule has 0 fully saturated rings. The van der Waals surface area contributed by atoms with Gasteiger partial charge in [0.05, 0.1) is 28.5 Å². The van der Waals surface area contributed by atoms with Crippen LogP contribution in [-0.2, 0) is 4.74 Å². The first-order chi connectivity index (χ1) is 10.5. The Morgan fingerprint density at radius 2 is 1.91 bits per heavy atom. The Morgan fingerprint density at radius 3 is 2.59 bits per heavy atom. The third kappa shape index (κ3) is 2.34. The molecule has 1 aromatic carbocycles. The summed E-state index contributed by atoms with van der Waals surface area (Å²) in [5, 5.41) is 7.81. The lowest BCUT2D eigenvalue weighted by atomic mass is 10.1. The second-order valence-corrected chi connectivity index (χ2v) is 5.12. The summed E-state index contributed by atoms with van der Waals surface area (Å²) in [5.74, 6) is -0.696. The van der Waals surface area contributed by atoms with Gasteiger partial charge >= 0.3 is 5.97 Å². The van der Waals surface area contributed by atoms with E-state index in [1.165, 1.54) is 13.2 Å². The second kappa shape index (κ2) is 5.43. The fourth-order valence-corrected chi connectivity index (χ4v) is 2.35. The number of benzene rings is 1. The van der Waals surface area contributed by atoms with Crippen molar-refractivity contribution in [3.8, 4) is 11.3 Å². The van der Waals surface area contributed by atoms with E-state index < -0.39 is 5.97 Å². The first-order valence-corrected chi connectivity index (χ1v) is 6.73. The van der Waals surface area contributed by atoms with E-state index >= 15 is 0 Å². The largest absolute Gasteiger partial charge is 0.464 e. The molecule has 0 atom stereocenters. The Morgan fingerprint density at radius 1 is 1.23 bits per heavy atom. The molecular formula is C13H8Cl2N4O3. The number of methoxy groups -OCH3 is 1. The normalized spacial score (nSPS) is 10.9. The molecule has 112 valence electrons. The Balaban J connectivity index is 2.23. The van der Waals surface area contributed by atoms with Gasteiger partial charge in [0.1, 0.15) is 11.0 Å². The molecule has 0 aliphatic carbocycles. The van der Waals surface area contributed by atoms with E-state index in [1.54, 1.807) is 12.1 Å². The van der Waals surface area contributed by atoms with E-state index in [-0.39, 0.29) is 16.4 Å². The lowest BCUT2D eigenvalue weighted by molar-refractivity contribution is 0.0594. The molecule has 22 heavy (non-hydrogen) atoms. The van der Waals surface area contributed by atoms with Crippen molar-refractivity contribution < 1.29 is 14.2 Å². The van der Waals surface area contributed by atoms with Crippen molar-refractivity contribution in [2.75, 3.05) is 12.8 Å². The van der Waals surface area contributed by atoms with Crippen molar-refractivity contribution in [2.24, 2.45) is 0 Å². The van der Waals surface area contributed by atoms with E-state index in [4.69, 9.17) is 28.9 Å². The number of rotatable bonds is 2. The van der Waals surface area contributed by atoms with Crippen molar-refractivity contribution in [1.82, 2.24) is 15.3 Å². The minimum atomic E-state index is -0.696. The van der Waals surface area contributed by atoms with Crippen LogP contribution in [0.3, 0.4) is 0 Å². The Kier molecular flexibility index (Phi) is 3.59. The van der Waals surface area contributed by atoms with E-state index in [0.717, 1.165) is 0 Å². The van der Waals surface area contributed by atoms with E-state index in [2.05, 4.69) is 24.7 Å². The maximum Gasteiger partial charge on any atom is 0.358 e. The number of nitrogens with zero attached hydrogens (tertiary/aromatic N) is 3. The highest BCUT2D eigenvalue weighted by Gasteiger charge is 2.19. The molecule has 0 amide bonds. The summed E-state index contributed by atoms with van der Waals surface area (Å²) in [6, 6.07) is 4.72. The zero-order valence-corrected chi connectivity index (χ0v) is 12.6. The highest BCUT2D eigenvalue weighted by molar-refractivity contribution is 6.36. The summed E-state index contributed by atoms with van der Waals surface area (Å²) in [6.45, 7) is 0. The molecule has 0 radical (unpaired) electrons. The molecule has 0 unspecified atom stereocenters. The second-order valence-electron chi connectivity index (χ2n) is 4.34. The number of carbonyl (C=O) groups excluding carboxylic acids is 1. The Bertz CT molecular complexity index is 894. The van der Waals surface area contributed by atoms with Gasteiger partial charge in [0.2, 0.25) is 0 Å². The van der Waals surface area contributed by atoms with Gasteiger partial charge < -0.3 is 10.5 Å². The number of halogens is 2. The number of ether oxygens (including phenoxy) is 1. The van der Waals surface area contributed by atoms with Crippen LogP contribution in [-0.4, -0.2) is 28.4 Å². The minimum absolute atomic E-state index is 0.0240. The summed E-state index contributed by atoms with van der Waals surface area (Å²) < 4.78 is 9.27. The molecular weight excluding hydrogens is 331 g/mol. The standard InChI is InChI=1S/C13H8Cl2N4O3/c1-21-13(20)12-11(15)7(16)4-8(17-12)5-2-9-10(3-6(5)14)19-22-18-9/h2-4H,1H3,(H2,16,17). The molecule has 2 heterocycles.